The van der Waals surface area contributed by atoms with Gasteiger partial charge in [0.2, 0.25) is 0 Å². The number of nitrogens with zero attached hydrogens (tertiary/aromatic N) is 1. The van der Waals surface area contributed by atoms with E-state index in [1.54, 1.807) is 5.38 Å². The minimum atomic E-state index is -3.47. The van der Waals surface area contributed by atoms with Crippen LogP contribution in [0.15, 0.2) is 15.7 Å². The molecular formula is C9H14N2O3S2. The second-order valence-electron chi connectivity index (χ2n) is 3.79. The van der Waals surface area contributed by atoms with E-state index < -0.39 is 10.0 Å². The lowest BCUT2D eigenvalue weighted by molar-refractivity contribution is 0.213. The quantitative estimate of drug-likeness (QED) is 0.829. The van der Waals surface area contributed by atoms with Gasteiger partial charge in [0.15, 0.2) is 0 Å². The Balaban J connectivity index is 2.32. The van der Waals surface area contributed by atoms with Crippen LogP contribution in [0, 0.1) is 0 Å². The van der Waals surface area contributed by atoms with Crippen LogP contribution >= 0.6 is 11.3 Å². The summed E-state index contributed by atoms with van der Waals surface area (Å²) in [5.74, 6) is 0. The molecule has 5 nitrogen and oxygen atoms in total. The summed E-state index contributed by atoms with van der Waals surface area (Å²) >= 11 is 1.12. The van der Waals surface area contributed by atoms with Gasteiger partial charge in [-0.2, -0.15) is 4.31 Å². The van der Waals surface area contributed by atoms with Crippen molar-refractivity contribution in [3.63, 3.8) is 0 Å². The highest BCUT2D eigenvalue weighted by atomic mass is 32.2. The molecule has 0 radical (unpaired) electrons. The summed E-state index contributed by atoms with van der Waals surface area (Å²) in [4.78, 5) is 0. The first-order chi connectivity index (χ1) is 7.55. The van der Waals surface area contributed by atoms with Crippen LogP contribution in [0.25, 0.3) is 0 Å². The molecule has 0 spiro atoms. The molecule has 0 aliphatic carbocycles. The van der Waals surface area contributed by atoms with E-state index >= 15 is 0 Å². The third-order valence-corrected chi connectivity index (χ3v) is 6.08. The Labute approximate surface area is 98.5 Å². The van der Waals surface area contributed by atoms with Gasteiger partial charge in [-0.1, -0.05) is 0 Å². The van der Waals surface area contributed by atoms with E-state index in [0.29, 0.717) is 12.2 Å². The van der Waals surface area contributed by atoms with Crippen molar-refractivity contribution in [3.05, 3.63) is 11.4 Å². The molecule has 1 aromatic rings. The van der Waals surface area contributed by atoms with Crippen LogP contribution in [0.5, 0.6) is 0 Å². The normalized spacial score (nSPS) is 22.7. The Morgan fingerprint density at radius 2 is 2.38 bits per heavy atom. The predicted octanol–water partition coefficient (Wildman–Crippen LogP) is 0.476. The fraction of sp³-hybridized carbons (Fsp3) is 0.556. The first kappa shape index (κ1) is 11.8. The number of hydrogen-bond donors (Lipinski definition) is 2. The number of rotatable bonds is 3. The molecule has 16 heavy (non-hydrogen) atoms. The van der Waals surface area contributed by atoms with Crippen molar-refractivity contribution < 1.29 is 13.5 Å². The summed E-state index contributed by atoms with van der Waals surface area (Å²) in [7, 11) is -3.47. The smallest absolute Gasteiger partial charge is 0.252 e. The van der Waals surface area contributed by atoms with E-state index in [2.05, 4.69) is 0 Å². The van der Waals surface area contributed by atoms with E-state index in [1.807, 2.05) is 0 Å². The first-order valence-corrected chi connectivity index (χ1v) is 7.34. The molecule has 1 fully saturated rings. The van der Waals surface area contributed by atoms with Gasteiger partial charge in [-0.25, -0.2) is 8.42 Å². The highest BCUT2D eigenvalue weighted by Gasteiger charge is 2.35. The zero-order chi connectivity index (χ0) is 11.8. The molecule has 1 aliphatic rings. The molecule has 2 rings (SSSR count). The van der Waals surface area contributed by atoms with Gasteiger partial charge in [-0.3, -0.25) is 0 Å². The zero-order valence-corrected chi connectivity index (χ0v) is 10.3. The van der Waals surface area contributed by atoms with Gasteiger partial charge in [0.1, 0.15) is 4.21 Å². The minimum absolute atomic E-state index is 0.125. The Kier molecular flexibility index (Phi) is 3.20. The van der Waals surface area contributed by atoms with Crippen molar-refractivity contribution >= 4 is 27.0 Å². The highest BCUT2D eigenvalue weighted by Crippen LogP contribution is 2.30. The standard InChI is InChI=1S/C9H14N2O3S2/c10-7-4-9(15-6-7)16(13,14)11-3-1-2-8(11)5-12/h4,6,8,12H,1-3,5,10H2/t8-/m1/s1. The number of aliphatic hydroxyl groups is 1. The summed E-state index contributed by atoms with van der Waals surface area (Å²) in [6.45, 7) is 0.353. The topological polar surface area (TPSA) is 83.6 Å². The lowest BCUT2D eigenvalue weighted by atomic mass is 10.2. The van der Waals surface area contributed by atoms with Crippen LogP contribution in [0.4, 0.5) is 5.69 Å². The molecule has 1 atom stereocenters. The summed E-state index contributed by atoms with van der Waals surface area (Å²) in [6.07, 6.45) is 1.52. The zero-order valence-electron chi connectivity index (χ0n) is 8.67. The monoisotopic (exact) mass is 262 g/mol. The van der Waals surface area contributed by atoms with Crippen molar-refractivity contribution in [1.29, 1.82) is 0 Å². The summed E-state index contributed by atoms with van der Waals surface area (Å²) in [5, 5.41) is 10.7. The number of nitrogen functional groups attached to an aromatic ring is 1. The summed E-state index contributed by atoms with van der Waals surface area (Å²) in [6, 6.07) is 1.18. The minimum Gasteiger partial charge on any atom is -0.398 e. The molecule has 1 aliphatic heterocycles. The molecule has 0 amide bonds. The van der Waals surface area contributed by atoms with Gasteiger partial charge in [-0.15, -0.1) is 11.3 Å². The lowest BCUT2D eigenvalue weighted by Gasteiger charge is -2.21. The Morgan fingerprint density at radius 1 is 1.62 bits per heavy atom. The molecule has 0 bridgehead atoms. The number of hydrogen-bond acceptors (Lipinski definition) is 5. The molecule has 0 aromatic carbocycles. The second kappa shape index (κ2) is 4.33. The number of thiophene rings is 1. The molecule has 2 heterocycles. The molecule has 7 heteroatoms. The van der Waals surface area contributed by atoms with Gasteiger partial charge >= 0.3 is 0 Å². The number of anilines is 1. The van der Waals surface area contributed by atoms with Crippen LogP contribution in [0.3, 0.4) is 0 Å². The van der Waals surface area contributed by atoms with Crippen LogP contribution < -0.4 is 5.73 Å². The molecule has 1 aromatic heterocycles. The average Bonchev–Trinajstić information content (AvgIpc) is 2.85. The maximum atomic E-state index is 12.2. The molecule has 0 unspecified atom stereocenters. The highest BCUT2D eigenvalue weighted by molar-refractivity contribution is 7.91. The SMILES string of the molecule is Nc1csc(S(=O)(=O)N2CCC[C@@H]2CO)c1. The van der Waals surface area contributed by atoms with Crippen LogP contribution in [0.2, 0.25) is 0 Å². The Morgan fingerprint density at radius 3 is 2.94 bits per heavy atom. The fourth-order valence-electron chi connectivity index (χ4n) is 1.89. The largest absolute Gasteiger partial charge is 0.398 e. The van der Waals surface area contributed by atoms with Crippen LogP contribution in [-0.4, -0.2) is 37.0 Å². The van der Waals surface area contributed by atoms with E-state index in [0.717, 1.165) is 24.2 Å². The van der Waals surface area contributed by atoms with Crippen LogP contribution in [0.1, 0.15) is 12.8 Å². The van der Waals surface area contributed by atoms with Gasteiger partial charge in [0.25, 0.3) is 10.0 Å². The third kappa shape index (κ3) is 1.95. The van der Waals surface area contributed by atoms with Crippen molar-refractivity contribution in [2.24, 2.45) is 0 Å². The predicted molar refractivity (Wildman–Crippen MR) is 62.7 cm³/mol. The Bertz CT molecular complexity index is 469. The molecule has 1 saturated heterocycles. The van der Waals surface area contributed by atoms with Gasteiger partial charge < -0.3 is 10.8 Å². The third-order valence-electron chi connectivity index (χ3n) is 2.69. The van der Waals surface area contributed by atoms with Gasteiger partial charge in [0.05, 0.1) is 6.61 Å². The second-order valence-corrected chi connectivity index (χ2v) is 6.82. The first-order valence-electron chi connectivity index (χ1n) is 5.02. The maximum Gasteiger partial charge on any atom is 0.252 e. The summed E-state index contributed by atoms with van der Waals surface area (Å²) < 4.78 is 26.0. The van der Waals surface area contributed by atoms with E-state index in [9.17, 15) is 8.42 Å². The van der Waals surface area contributed by atoms with Crippen molar-refractivity contribution in [3.8, 4) is 0 Å². The van der Waals surface area contributed by atoms with Crippen molar-refractivity contribution in [1.82, 2.24) is 4.31 Å². The number of aliphatic hydroxyl groups excluding tert-OH is 1. The molecule has 0 saturated carbocycles. The number of nitrogens with two attached hydrogens (primary N) is 1. The van der Waals surface area contributed by atoms with E-state index in [1.165, 1.54) is 10.4 Å². The van der Waals surface area contributed by atoms with Crippen molar-refractivity contribution in [2.75, 3.05) is 18.9 Å². The average molecular weight is 262 g/mol. The maximum absolute atomic E-state index is 12.2. The fourth-order valence-corrected chi connectivity index (χ4v) is 4.78. The molecule has 90 valence electrons. The van der Waals surface area contributed by atoms with Gasteiger partial charge in [0, 0.05) is 23.7 Å². The Hall–Kier alpha value is -0.630. The summed E-state index contributed by atoms with van der Waals surface area (Å²) in [5.41, 5.74) is 5.98. The van der Waals surface area contributed by atoms with Gasteiger partial charge in [-0.05, 0) is 18.9 Å². The molecule has 3 N–H and O–H groups in total. The van der Waals surface area contributed by atoms with Crippen LogP contribution in [-0.2, 0) is 10.0 Å². The van der Waals surface area contributed by atoms with Crippen molar-refractivity contribution in [2.45, 2.75) is 23.1 Å². The molecular weight excluding hydrogens is 248 g/mol. The van der Waals surface area contributed by atoms with E-state index in [4.69, 9.17) is 10.8 Å². The van der Waals surface area contributed by atoms with E-state index in [-0.39, 0.29) is 16.9 Å². The number of sulfonamides is 1. The lowest BCUT2D eigenvalue weighted by Crippen LogP contribution is -2.37.